The predicted octanol–water partition coefficient (Wildman–Crippen LogP) is 4.35. The van der Waals surface area contributed by atoms with Crippen molar-refractivity contribution >= 4 is 28.3 Å². The summed E-state index contributed by atoms with van der Waals surface area (Å²) in [6, 6.07) is 17.0. The van der Waals surface area contributed by atoms with E-state index in [2.05, 4.69) is 15.3 Å². The molecule has 1 atom stereocenters. The van der Waals surface area contributed by atoms with Crippen LogP contribution in [-0.4, -0.2) is 15.9 Å². The summed E-state index contributed by atoms with van der Waals surface area (Å²) in [4.78, 5) is 22.4. The van der Waals surface area contributed by atoms with Crippen molar-refractivity contribution in [2.45, 2.75) is 6.04 Å². The highest BCUT2D eigenvalue weighted by molar-refractivity contribution is 7.10. The number of fused-ring (bicyclic) bond motifs is 1. The number of carbonyl (C=O) groups is 1. The third-order valence-electron chi connectivity index (χ3n) is 3.99. The molecule has 4 rings (SSSR count). The molecule has 1 amide bonds. The van der Waals surface area contributed by atoms with Crippen molar-refractivity contribution in [3.8, 4) is 0 Å². The Morgan fingerprint density at radius 2 is 1.77 bits per heavy atom. The largest absolute Gasteiger partial charge is 0.339 e. The molecule has 0 bridgehead atoms. The van der Waals surface area contributed by atoms with Gasteiger partial charge in [0.15, 0.2) is 0 Å². The van der Waals surface area contributed by atoms with Gasteiger partial charge in [0.1, 0.15) is 11.5 Å². The molecule has 4 aromatic rings. The van der Waals surface area contributed by atoms with E-state index in [-0.39, 0.29) is 23.5 Å². The zero-order valence-corrected chi connectivity index (χ0v) is 14.4. The van der Waals surface area contributed by atoms with Gasteiger partial charge in [0, 0.05) is 4.88 Å². The minimum absolute atomic E-state index is 0.243. The van der Waals surface area contributed by atoms with Gasteiger partial charge in [-0.15, -0.1) is 11.3 Å². The summed E-state index contributed by atoms with van der Waals surface area (Å²) < 4.78 is 13.3. The number of benzene rings is 2. The summed E-state index contributed by atoms with van der Waals surface area (Å²) in [5.41, 5.74) is 2.44. The number of carbonyl (C=O) groups excluding carboxylic acids is 1. The zero-order chi connectivity index (χ0) is 17.9. The average molecular weight is 363 g/mol. The highest BCUT2D eigenvalue weighted by Crippen LogP contribution is 2.26. The van der Waals surface area contributed by atoms with Crippen molar-refractivity contribution < 1.29 is 9.18 Å². The Balaban J connectivity index is 1.66. The fourth-order valence-corrected chi connectivity index (χ4v) is 3.50. The lowest BCUT2D eigenvalue weighted by Gasteiger charge is -2.18. The number of rotatable bonds is 4. The molecular weight excluding hydrogens is 349 g/mol. The van der Waals surface area contributed by atoms with E-state index in [1.807, 2.05) is 41.8 Å². The number of halogens is 1. The van der Waals surface area contributed by atoms with Crippen LogP contribution in [0.2, 0.25) is 0 Å². The summed E-state index contributed by atoms with van der Waals surface area (Å²) in [5, 5.41) is 4.92. The van der Waals surface area contributed by atoms with E-state index in [0.29, 0.717) is 5.52 Å². The Kier molecular flexibility index (Phi) is 4.41. The molecule has 0 saturated carbocycles. The second-order valence-corrected chi connectivity index (χ2v) is 6.70. The van der Waals surface area contributed by atoms with Gasteiger partial charge in [0.05, 0.1) is 23.3 Å². The Morgan fingerprint density at radius 3 is 2.50 bits per heavy atom. The van der Waals surface area contributed by atoms with Crippen LogP contribution in [0.4, 0.5) is 4.39 Å². The van der Waals surface area contributed by atoms with Crippen LogP contribution >= 0.6 is 11.3 Å². The Hall–Kier alpha value is -3.12. The van der Waals surface area contributed by atoms with Gasteiger partial charge in [-0.3, -0.25) is 9.78 Å². The van der Waals surface area contributed by atoms with Crippen LogP contribution in [0.3, 0.4) is 0 Å². The zero-order valence-electron chi connectivity index (χ0n) is 13.6. The SMILES string of the molecule is O=C(NC(c1ccc(F)cc1)c1cccs1)c1cnc2ccccc2n1. The van der Waals surface area contributed by atoms with Crippen molar-refractivity contribution in [1.82, 2.24) is 15.3 Å². The maximum Gasteiger partial charge on any atom is 0.272 e. The molecule has 128 valence electrons. The second kappa shape index (κ2) is 7.01. The molecule has 2 aromatic carbocycles. The van der Waals surface area contributed by atoms with Crippen LogP contribution in [-0.2, 0) is 0 Å². The minimum Gasteiger partial charge on any atom is -0.339 e. The third-order valence-corrected chi connectivity index (χ3v) is 4.92. The predicted molar refractivity (Wildman–Crippen MR) is 99.6 cm³/mol. The summed E-state index contributed by atoms with van der Waals surface area (Å²) in [6.45, 7) is 0. The van der Waals surface area contributed by atoms with Crippen molar-refractivity contribution in [1.29, 1.82) is 0 Å². The molecule has 0 radical (unpaired) electrons. The second-order valence-electron chi connectivity index (χ2n) is 5.72. The summed E-state index contributed by atoms with van der Waals surface area (Å²) >= 11 is 1.53. The smallest absolute Gasteiger partial charge is 0.272 e. The molecule has 2 aromatic heterocycles. The fraction of sp³-hybridized carbons (Fsp3) is 0.0500. The number of aromatic nitrogens is 2. The van der Waals surface area contributed by atoms with Crippen molar-refractivity contribution in [2.75, 3.05) is 0 Å². The lowest BCUT2D eigenvalue weighted by Crippen LogP contribution is -2.29. The van der Waals surface area contributed by atoms with E-state index in [4.69, 9.17) is 0 Å². The van der Waals surface area contributed by atoms with Gasteiger partial charge in [-0.25, -0.2) is 9.37 Å². The van der Waals surface area contributed by atoms with E-state index in [1.165, 1.54) is 29.7 Å². The van der Waals surface area contributed by atoms with Crippen molar-refractivity contribution in [3.05, 3.63) is 94.2 Å². The Morgan fingerprint density at radius 1 is 1.00 bits per heavy atom. The topological polar surface area (TPSA) is 54.9 Å². The third kappa shape index (κ3) is 3.32. The number of hydrogen-bond donors (Lipinski definition) is 1. The van der Waals surface area contributed by atoms with Crippen LogP contribution in [0.1, 0.15) is 27.0 Å². The monoisotopic (exact) mass is 363 g/mol. The lowest BCUT2D eigenvalue weighted by atomic mass is 10.1. The Labute approximate surface area is 153 Å². The molecule has 2 heterocycles. The standard InChI is InChI=1S/C20H14FN3OS/c21-14-9-7-13(8-10-14)19(18-6-3-11-26-18)24-20(25)17-12-22-15-4-1-2-5-16(15)23-17/h1-12,19H,(H,24,25). The molecule has 0 fully saturated rings. The maximum absolute atomic E-state index is 13.3. The van der Waals surface area contributed by atoms with E-state index in [9.17, 15) is 9.18 Å². The first-order chi connectivity index (χ1) is 12.7. The van der Waals surface area contributed by atoms with E-state index >= 15 is 0 Å². The van der Waals surface area contributed by atoms with Crippen molar-refractivity contribution in [3.63, 3.8) is 0 Å². The van der Waals surface area contributed by atoms with E-state index in [0.717, 1.165) is 16.0 Å². The number of hydrogen-bond acceptors (Lipinski definition) is 4. The highest BCUT2D eigenvalue weighted by Gasteiger charge is 2.20. The molecule has 0 spiro atoms. The quantitative estimate of drug-likeness (QED) is 0.586. The van der Waals surface area contributed by atoms with Crippen LogP contribution < -0.4 is 5.32 Å². The summed E-state index contributed by atoms with van der Waals surface area (Å²) in [6.07, 6.45) is 1.47. The van der Waals surface area contributed by atoms with E-state index < -0.39 is 0 Å². The first-order valence-electron chi connectivity index (χ1n) is 8.02. The number of amides is 1. The fourth-order valence-electron chi connectivity index (χ4n) is 2.70. The minimum atomic E-state index is -0.378. The maximum atomic E-state index is 13.3. The van der Waals surface area contributed by atoms with Crippen LogP contribution in [0.25, 0.3) is 11.0 Å². The molecule has 0 aliphatic rings. The molecule has 26 heavy (non-hydrogen) atoms. The number of nitrogens with one attached hydrogen (secondary N) is 1. The van der Waals surface area contributed by atoms with Crippen LogP contribution in [0, 0.1) is 5.82 Å². The van der Waals surface area contributed by atoms with Gasteiger partial charge in [0.2, 0.25) is 0 Å². The first-order valence-corrected chi connectivity index (χ1v) is 8.90. The molecular formula is C20H14FN3OS. The molecule has 0 saturated heterocycles. The highest BCUT2D eigenvalue weighted by atomic mass is 32.1. The van der Waals surface area contributed by atoms with Crippen molar-refractivity contribution in [2.24, 2.45) is 0 Å². The molecule has 1 unspecified atom stereocenters. The molecule has 0 aliphatic carbocycles. The molecule has 4 nitrogen and oxygen atoms in total. The summed E-state index contributed by atoms with van der Waals surface area (Å²) in [7, 11) is 0. The molecule has 6 heteroatoms. The molecule has 0 aliphatic heterocycles. The van der Waals surface area contributed by atoms with Crippen LogP contribution in [0.15, 0.2) is 72.2 Å². The van der Waals surface area contributed by atoms with Gasteiger partial charge >= 0.3 is 0 Å². The van der Waals surface area contributed by atoms with Gasteiger partial charge in [-0.2, -0.15) is 0 Å². The van der Waals surface area contributed by atoms with Gasteiger partial charge < -0.3 is 5.32 Å². The van der Waals surface area contributed by atoms with Gasteiger partial charge in [-0.05, 0) is 41.3 Å². The number of para-hydroxylation sites is 2. The lowest BCUT2D eigenvalue weighted by molar-refractivity contribution is 0.0938. The van der Waals surface area contributed by atoms with Gasteiger partial charge in [-0.1, -0.05) is 30.3 Å². The average Bonchev–Trinajstić information content (AvgIpc) is 3.21. The normalized spacial score (nSPS) is 12.0. The number of nitrogens with zero attached hydrogens (tertiary/aromatic N) is 2. The van der Waals surface area contributed by atoms with E-state index in [1.54, 1.807) is 12.1 Å². The number of thiophene rings is 1. The van der Waals surface area contributed by atoms with Gasteiger partial charge in [0.25, 0.3) is 5.91 Å². The first kappa shape index (κ1) is 16.4. The molecule has 1 N–H and O–H groups in total. The Bertz CT molecular complexity index is 1050. The van der Waals surface area contributed by atoms with Crippen LogP contribution in [0.5, 0.6) is 0 Å². The summed E-state index contributed by atoms with van der Waals surface area (Å²) in [5.74, 6) is -0.642.